The van der Waals surface area contributed by atoms with Crippen molar-refractivity contribution in [2.24, 2.45) is 0 Å². The molecule has 1 fully saturated rings. The highest BCUT2D eigenvalue weighted by Crippen LogP contribution is 2.25. The smallest absolute Gasteiger partial charge is 0.240 e. The summed E-state index contributed by atoms with van der Waals surface area (Å²) in [6.07, 6.45) is 4.31. The van der Waals surface area contributed by atoms with Gasteiger partial charge < -0.3 is 10.2 Å². The first-order valence-electron chi connectivity index (χ1n) is 6.99. The number of nitrogens with one attached hydrogen (secondary N) is 1. The molecule has 0 heterocycles. The molecule has 2 amide bonds. The van der Waals surface area contributed by atoms with E-state index in [0.29, 0.717) is 15.7 Å². The number of hydrogen-bond donors (Lipinski definition) is 1. The zero-order chi connectivity index (χ0) is 15.4. The van der Waals surface area contributed by atoms with Gasteiger partial charge in [0.2, 0.25) is 11.8 Å². The van der Waals surface area contributed by atoms with Crippen LogP contribution >= 0.6 is 23.2 Å². The Morgan fingerprint density at radius 1 is 1.19 bits per heavy atom. The van der Waals surface area contributed by atoms with Crippen molar-refractivity contribution in [3.05, 3.63) is 28.2 Å². The van der Waals surface area contributed by atoms with Crippen LogP contribution in [-0.2, 0) is 9.59 Å². The van der Waals surface area contributed by atoms with E-state index in [1.54, 1.807) is 18.2 Å². The van der Waals surface area contributed by atoms with Crippen LogP contribution in [0.1, 0.15) is 32.6 Å². The lowest BCUT2D eigenvalue weighted by Crippen LogP contribution is -2.43. The summed E-state index contributed by atoms with van der Waals surface area (Å²) in [4.78, 5) is 25.3. The maximum Gasteiger partial charge on any atom is 0.240 e. The van der Waals surface area contributed by atoms with Crippen LogP contribution in [0, 0.1) is 0 Å². The van der Waals surface area contributed by atoms with Crippen LogP contribution in [0.4, 0.5) is 5.69 Å². The number of halogens is 2. The Balaban J connectivity index is 2.07. The highest BCUT2D eigenvalue weighted by atomic mass is 35.5. The Kier molecular flexibility index (Phi) is 5.48. The molecule has 21 heavy (non-hydrogen) atoms. The fourth-order valence-corrected chi connectivity index (χ4v) is 3.08. The van der Waals surface area contributed by atoms with E-state index in [1.807, 2.05) is 0 Å². The maximum atomic E-state index is 12.1. The van der Waals surface area contributed by atoms with Crippen LogP contribution in [0.3, 0.4) is 0 Å². The summed E-state index contributed by atoms with van der Waals surface area (Å²) in [5, 5.41) is 3.83. The molecule has 0 spiro atoms. The summed E-state index contributed by atoms with van der Waals surface area (Å²) in [6, 6.07) is 5.06. The predicted molar refractivity (Wildman–Crippen MR) is 84.9 cm³/mol. The molecular weight excluding hydrogens is 311 g/mol. The number of hydrogen-bond acceptors (Lipinski definition) is 2. The second-order valence-electron chi connectivity index (χ2n) is 5.28. The summed E-state index contributed by atoms with van der Waals surface area (Å²) in [7, 11) is 0. The van der Waals surface area contributed by atoms with Gasteiger partial charge in [0.05, 0.1) is 0 Å². The van der Waals surface area contributed by atoms with Crippen molar-refractivity contribution in [2.75, 3.05) is 11.4 Å². The van der Waals surface area contributed by atoms with Gasteiger partial charge in [0.1, 0.15) is 6.54 Å². The third-order valence-corrected chi connectivity index (χ3v) is 4.00. The molecule has 0 radical (unpaired) electrons. The van der Waals surface area contributed by atoms with E-state index in [4.69, 9.17) is 23.2 Å². The molecule has 1 N–H and O–H groups in total. The number of anilines is 1. The summed E-state index contributed by atoms with van der Waals surface area (Å²) in [5.74, 6) is -0.386. The minimum absolute atomic E-state index is 0.0253. The average molecular weight is 329 g/mol. The molecule has 0 unspecified atom stereocenters. The monoisotopic (exact) mass is 328 g/mol. The Labute approximate surface area is 134 Å². The van der Waals surface area contributed by atoms with Gasteiger partial charge in [-0.3, -0.25) is 9.59 Å². The number of nitrogens with zero attached hydrogens (tertiary/aromatic N) is 1. The highest BCUT2D eigenvalue weighted by molar-refractivity contribution is 6.35. The molecule has 6 heteroatoms. The first kappa shape index (κ1) is 16.1. The molecule has 0 aromatic heterocycles. The van der Waals surface area contributed by atoms with E-state index >= 15 is 0 Å². The van der Waals surface area contributed by atoms with E-state index in [-0.39, 0.29) is 24.4 Å². The third kappa shape index (κ3) is 4.61. The van der Waals surface area contributed by atoms with Gasteiger partial charge >= 0.3 is 0 Å². The van der Waals surface area contributed by atoms with Crippen molar-refractivity contribution in [1.29, 1.82) is 0 Å². The quantitative estimate of drug-likeness (QED) is 0.920. The van der Waals surface area contributed by atoms with Gasteiger partial charge in [0, 0.05) is 28.7 Å². The van der Waals surface area contributed by atoms with Gasteiger partial charge in [-0.2, -0.15) is 0 Å². The Morgan fingerprint density at radius 3 is 2.29 bits per heavy atom. The van der Waals surface area contributed by atoms with E-state index in [2.05, 4.69) is 5.32 Å². The molecule has 0 atom stereocenters. The van der Waals surface area contributed by atoms with Crippen LogP contribution in [0.25, 0.3) is 0 Å². The molecule has 114 valence electrons. The van der Waals surface area contributed by atoms with Crippen molar-refractivity contribution in [3.63, 3.8) is 0 Å². The SMILES string of the molecule is CC(=O)N(CC(=O)NC1CCCC1)c1cc(Cl)cc(Cl)c1. The largest absolute Gasteiger partial charge is 0.352 e. The standard InChI is InChI=1S/C15H18Cl2N2O2/c1-10(20)19(14-7-11(16)6-12(17)8-14)9-15(21)18-13-4-2-3-5-13/h6-8,13H,2-5,9H2,1H3,(H,18,21). The van der Waals surface area contributed by atoms with Crippen LogP contribution in [-0.4, -0.2) is 24.4 Å². The predicted octanol–water partition coefficient (Wildman–Crippen LogP) is 3.41. The molecule has 4 nitrogen and oxygen atoms in total. The lowest BCUT2D eigenvalue weighted by atomic mass is 10.2. The summed E-state index contributed by atoms with van der Waals surface area (Å²) in [5.41, 5.74) is 0.529. The topological polar surface area (TPSA) is 49.4 Å². The Bertz CT molecular complexity index is 522. The van der Waals surface area contributed by atoms with E-state index in [0.717, 1.165) is 25.7 Å². The molecule has 2 rings (SSSR count). The van der Waals surface area contributed by atoms with Crippen molar-refractivity contribution in [3.8, 4) is 0 Å². The fraction of sp³-hybridized carbons (Fsp3) is 0.467. The number of rotatable bonds is 4. The van der Waals surface area contributed by atoms with Crippen molar-refractivity contribution < 1.29 is 9.59 Å². The summed E-state index contributed by atoms with van der Waals surface area (Å²) < 4.78 is 0. The van der Waals surface area contributed by atoms with Crippen molar-refractivity contribution in [2.45, 2.75) is 38.6 Å². The average Bonchev–Trinajstić information content (AvgIpc) is 2.87. The molecule has 1 aromatic rings. The molecule has 1 aliphatic rings. The fourth-order valence-electron chi connectivity index (χ4n) is 2.57. The molecule has 1 aliphatic carbocycles. The van der Waals surface area contributed by atoms with E-state index in [9.17, 15) is 9.59 Å². The second kappa shape index (κ2) is 7.14. The molecule has 1 saturated carbocycles. The van der Waals surface area contributed by atoms with Crippen molar-refractivity contribution >= 4 is 40.7 Å². The van der Waals surface area contributed by atoms with Gasteiger partial charge in [0.15, 0.2) is 0 Å². The number of amides is 2. The highest BCUT2D eigenvalue weighted by Gasteiger charge is 2.21. The first-order chi connectivity index (χ1) is 9.95. The van der Waals surface area contributed by atoms with Crippen molar-refractivity contribution in [1.82, 2.24) is 5.32 Å². The number of carbonyl (C=O) groups is 2. The third-order valence-electron chi connectivity index (χ3n) is 3.56. The van der Waals surface area contributed by atoms with E-state index in [1.165, 1.54) is 11.8 Å². The van der Waals surface area contributed by atoms with E-state index < -0.39 is 0 Å². The Morgan fingerprint density at radius 2 is 1.76 bits per heavy atom. The molecular formula is C15H18Cl2N2O2. The maximum absolute atomic E-state index is 12.1. The van der Waals surface area contributed by atoms with Crippen LogP contribution < -0.4 is 10.2 Å². The second-order valence-corrected chi connectivity index (χ2v) is 6.15. The minimum atomic E-state index is -0.227. The Hall–Kier alpha value is -1.26. The lowest BCUT2D eigenvalue weighted by molar-refractivity contribution is -0.123. The number of carbonyl (C=O) groups excluding carboxylic acids is 2. The van der Waals surface area contributed by atoms with Gasteiger partial charge in [-0.25, -0.2) is 0 Å². The van der Waals surface area contributed by atoms with Gasteiger partial charge in [-0.05, 0) is 31.0 Å². The zero-order valence-electron chi connectivity index (χ0n) is 11.9. The van der Waals surface area contributed by atoms with Crippen LogP contribution in [0.15, 0.2) is 18.2 Å². The van der Waals surface area contributed by atoms with Crippen LogP contribution in [0.2, 0.25) is 10.0 Å². The van der Waals surface area contributed by atoms with Gasteiger partial charge in [-0.15, -0.1) is 0 Å². The molecule has 0 bridgehead atoms. The molecule has 0 saturated heterocycles. The lowest BCUT2D eigenvalue weighted by Gasteiger charge is -2.22. The first-order valence-corrected chi connectivity index (χ1v) is 7.75. The zero-order valence-corrected chi connectivity index (χ0v) is 13.4. The summed E-state index contributed by atoms with van der Waals surface area (Å²) >= 11 is 11.9. The van der Waals surface area contributed by atoms with Gasteiger partial charge in [0.25, 0.3) is 0 Å². The van der Waals surface area contributed by atoms with Gasteiger partial charge in [-0.1, -0.05) is 36.0 Å². The minimum Gasteiger partial charge on any atom is -0.352 e. The summed E-state index contributed by atoms with van der Waals surface area (Å²) in [6.45, 7) is 1.39. The van der Waals surface area contributed by atoms with Crippen LogP contribution in [0.5, 0.6) is 0 Å². The normalized spacial score (nSPS) is 15.0. The molecule has 0 aliphatic heterocycles. The molecule has 1 aromatic carbocycles. The number of benzene rings is 1.